The zero-order valence-corrected chi connectivity index (χ0v) is 24.5. The number of likely N-dealkylation sites (tertiary alicyclic amines) is 1. The summed E-state index contributed by atoms with van der Waals surface area (Å²) in [6, 6.07) is 4.73. The van der Waals surface area contributed by atoms with Crippen molar-refractivity contribution in [2.75, 3.05) is 12.8 Å². The van der Waals surface area contributed by atoms with Crippen LogP contribution in [0.3, 0.4) is 0 Å². The van der Waals surface area contributed by atoms with Gasteiger partial charge < -0.3 is 14.4 Å². The molecule has 2 aromatic heterocycles. The number of rotatable bonds is 6. The van der Waals surface area contributed by atoms with Gasteiger partial charge in [-0.25, -0.2) is 24.2 Å². The van der Waals surface area contributed by atoms with Crippen molar-refractivity contribution in [3.63, 3.8) is 0 Å². The third kappa shape index (κ3) is 5.85. The van der Waals surface area contributed by atoms with Crippen LogP contribution in [0.15, 0.2) is 29.3 Å². The van der Waals surface area contributed by atoms with Crippen LogP contribution >= 0.6 is 34.4 Å². The highest BCUT2D eigenvalue weighted by molar-refractivity contribution is 14.1. The van der Waals surface area contributed by atoms with Gasteiger partial charge in [0, 0.05) is 18.7 Å². The van der Waals surface area contributed by atoms with E-state index in [1.807, 2.05) is 34.0 Å². The first-order chi connectivity index (χ1) is 17.9. The number of ether oxygens (including phenoxy) is 2. The van der Waals surface area contributed by atoms with Crippen molar-refractivity contribution in [1.82, 2.24) is 24.6 Å². The SMILES string of the molecule is CSc1nc(C(=O)Oc2ccc([N+](=O)[O-])cc2)nc2c1c(I)nn2[C@@H](C)[C@@H]1CCCN1C(=O)OC(C)(C)C. The Bertz CT molecular complexity index is 1390. The average molecular weight is 654 g/mol. The molecule has 14 heteroatoms. The van der Waals surface area contributed by atoms with Crippen LogP contribution in [0.4, 0.5) is 10.5 Å². The number of esters is 1. The highest BCUT2D eigenvalue weighted by atomic mass is 127. The molecular formula is C24H27IN6O6S. The lowest BCUT2D eigenvalue weighted by Crippen LogP contribution is -2.43. The summed E-state index contributed by atoms with van der Waals surface area (Å²) in [6.45, 7) is 8.05. The van der Waals surface area contributed by atoms with E-state index in [0.717, 1.165) is 12.8 Å². The van der Waals surface area contributed by atoms with E-state index in [1.165, 1.54) is 36.0 Å². The van der Waals surface area contributed by atoms with Crippen LogP contribution < -0.4 is 4.74 Å². The number of nitrogens with zero attached hydrogens (tertiary/aromatic N) is 6. The zero-order valence-electron chi connectivity index (χ0n) is 21.5. The molecule has 0 unspecified atom stereocenters. The molecule has 0 N–H and O–H groups in total. The average Bonchev–Trinajstić information content (AvgIpc) is 3.47. The summed E-state index contributed by atoms with van der Waals surface area (Å²) in [6.07, 6.45) is 3.08. The number of amides is 1. The summed E-state index contributed by atoms with van der Waals surface area (Å²) in [7, 11) is 0. The van der Waals surface area contributed by atoms with E-state index in [0.29, 0.717) is 26.3 Å². The molecule has 38 heavy (non-hydrogen) atoms. The van der Waals surface area contributed by atoms with Crippen molar-refractivity contribution in [3.05, 3.63) is 43.9 Å². The predicted octanol–water partition coefficient (Wildman–Crippen LogP) is 5.24. The number of benzene rings is 1. The van der Waals surface area contributed by atoms with Crippen LogP contribution in [0, 0.1) is 13.8 Å². The molecular weight excluding hydrogens is 627 g/mol. The van der Waals surface area contributed by atoms with Gasteiger partial charge in [-0.1, -0.05) is 0 Å². The monoisotopic (exact) mass is 654 g/mol. The second-order valence-corrected chi connectivity index (χ2v) is 11.6. The molecule has 3 heterocycles. The minimum Gasteiger partial charge on any atom is -0.444 e. The van der Waals surface area contributed by atoms with E-state index in [9.17, 15) is 19.7 Å². The lowest BCUT2D eigenvalue weighted by molar-refractivity contribution is -0.384. The Labute approximate surface area is 236 Å². The second kappa shape index (κ2) is 11.0. The van der Waals surface area contributed by atoms with Gasteiger partial charge >= 0.3 is 12.1 Å². The van der Waals surface area contributed by atoms with Gasteiger partial charge in [0.25, 0.3) is 5.69 Å². The number of fused-ring (bicyclic) bond motifs is 1. The summed E-state index contributed by atoms with van der Waals surface area (Å²) in [4.78, 5) is 46.9. The molecule has 2 atom stereocenters. The van der Waals surface area contributed by atoms with Gasteiger partial charge in [0.2, 0.25) is 5.82 Å². The van der Waals surface area contributed by atoms with Gasteiger partial charge in [0.1, 0.15) is 20.1 Å². The maximum absolute atomic E-state index is 13.0. The summed E-state index contributed by atoms with van der Waals surface area (Å²) in [5, 5.41) is 16.9. The molecule has 12 nitrogen and oxygen atoms in total. The molecule has 202 valence electrons. The number of thioether (sulfide) groups is 1. The minimum atomic E-state index is -0.803. The van der Waals surface area contributed by atoms with Gasteiger partial charge in [-0.15, -0.1) is 11.8 Å². The molecule has 1 saturated heterocycles. The quantitative estimate of drug-likeness (QED) is 0.0659. The van der Waals surface area contributed by atoms with Crippen LogP contribution in [-0.4, -0.2) is 66.1 Å². The first kappa shape index (κ1) is 28.0. The summed E-state index contributed by atoms with van der Waals surface area (Å²) >= 11 is 3.46. The summed E-state index contributed by atoms with van der Waals surface area (Å²) in [5.41, 5.74) is -0.277. The highest BCUT2D eigenvalue weighted by Gasteiger charge is 2.37. The third-order valence-corrected chi connectivity index (χ3v) is 7.42. The number of nitro benzene ring substituents is 1. The number of non-ortho nitro benzene ring substituents is 1. The number of aromatic nitrogens is 4. The largest absolute Gasteiger partial charge is 0.444 e. The lowest BCUT2D eigenvalue weighted by atomic mass is 10.1. The fraction of sp³-hybridized carbons (Fsp3) is 0.458. The Morgan fingerprint density at radius 1 is 1.24 bits per heavy atom. The van der Waals surface area contributed by atoms with E-state index >= 15 is 0 Å². The molecule has 0 radical (unpaired) electrons. The number of hydrogen-bond donors (Lipinski definition) is 0. The van der Waals surface area contributed by atoms with Gasteiger partial charge in [-0.3, -0.25) is 10.1 Å². The molecule has 4 rings (SSSR count). The zero-order chi connectivity index (χ0) is 27.8. The molecule has 1 aliphatic heterocycles. The Balaban J connectivity index is 1.67. The lowest BCUT2D eigenvalue weighted by Gasteiger charge is -2.31. The van der Waals surface area contributed by atoms with Crippen molar-refractivity contribution in [2.45, 2.75) is 63.2 Å². The standard InChI is InChI=1S/C24H27IN6O6S/c1-13(16-7-6-12-29(16)23(33)37-24(2,3)4)30-20-17(18(25)28-30)21(38-5)27-19(26-20)22(32)36-15-10-8-14(9-11-15)31(34)35/h8-11,13,16H,6-7,12H2,1-5H3/t13-,16-/m0/s1. The van der Waals surface area contributed by atoms with Crippen LogP contribution in [0.5, 0.6) is 5.75 Å². The summed E-state index contributed by atoms with van der Waals surface area (Å²) in [5.74, 6) is -0.839. The first-order valence-electron chi connectivity index (χ1n) is 11.9. The third-order valence-electron chi connectivity index (χ3n) is 5.98. The molecule has 0 bridgehead atoms. The molecule has 1 fully saturated rings. The van der Waals surface area contributed by atoms with Crippen molar-refractivity contribution in [3.8, 4) is 5.75 Å². The fourth-order valence-electron chi connectivity index (χ4n) is 4.28. The van der Waals surface area contributed by atoms with Gasteiger partial charge in [-0.2, -0.15) is 5.10 Å². The Hall–Kier alpha value is -3.01. The van der Waals surface area contributed by atoms with Gasteiger partial charge in [0.05, 0.1) is 22.4 Å². The molecule has 0 aliphatic carbocycles. The van der Waals surface area contributed by atoms with E-state index in [-0.39, 0.29) is 35.4 Å². The summed E-state index contributed by atoms with van der Waals surface area (Å²) < 4.78 is 13.4. The normalized spacial score (nSPS) is 16.5. The van der Waals surface area contributed by atoms with Crippen LogP contribution in [0.25, 0.3) is 11.0 Å². The second-order valence-electron chi connectivity index (χ2n) is 9.75. The van der Waals surface area contributed by atoms with Crippen molar-refractivity contribution >= 4 is 63.1 Å². The molecule has 1 amide bonds. The molecule has 1 aliphatic rings. The van der Waals surface area contributed by atoms with E-state index in [2.05, 4.69) is 32.6 Å². The number of carbonyl (C=O) groups is 2. The Kier molecular flexibility index (Phi) is 8.11. The maximum atomic E-state index is 13.0. The van der Waals surface area contributed by atoms with Crippen LogP contribution in [-0.2, 0) is 4.74 Å². The van der Waals surface area contributed by atoms with Crippen LogP contribution in [0.2, 0.25) is 0 Å². The number of nitro groups is 1. The minimum absolute atomic E-state index is 0.119. The van der Waals surface area contributed by atoms with Crippen molar-refractivity contribution < 1.29 is 24.0 Å². The smallest absolute Gasteiger partial charge is 0.410 e. The molecule has 1 aromatic carbocycles. The first-order valence-corrected chi connectivity index (χ1v) is 14.2. The number of halogens is 1. The number of hydrogen-bond acceptors (Lipinski definition) is 10. The Morgan fingerprint density at radius 2 is 1.92 bits per heavy atom. The predicted molar refractivity (Wildman–Crippen MR) is 149 cm³/mol. The Morgan fingerprint density at radius 3 is 2.53 bits per heavy atom. The highest BCUT2D eigenvalue weighted by Crippen LogP contribution is 2.34. The van der Waals surface area contributed by atoms with Gasteiger partial charge in [-0.05, 0) is 81.5 Å². The fourth-order valence-corrected chi connectivity index (χ4v) is 5.76. The van der Waals surface area contributed by atoms with E-state index < -0.39 is 16.5 Å². The van der Waals surface area contributed by atoms with Gasteiger partial charge in [0.15, 0.2) is 5.65 Å². The molecule has 0 spiro atoms. The van der Waals surface area contributed by atoms with Crippen molar-refractivity contribution in [1.29, 1.82) is 0 Å². The van der Waals surface area contributed by atoms with E-state index in [4.69, 9.17) is 14.6 Å². The molecule has 0 saturated carbocycles. The van der Waals surface area contributed by atoms with Crippen LogP contribution in [0.1, 0.15) is 57.2 Å². The number of carbonyl (C=O) groups excluding carboxylic acids is 2. The topological polar surface area (TPSA) is 143 Å². The van der Waals surface area contributed by atoms with E-state index in [1.54, 1.807) is 9.58 Å². The van der Waals surface area contributed by atoms with Crippen molar-refractivity contribution in [2.24, 2.45) is 0 Å². The molecule has 3 aromatic rings. The maximum Gasteiger partial charge on any atom is 0.410 e.